The van der Waals surface area contributed by atoms with Crippen molar-refractivity contribution in [2.24, 2.45) is 16.7 Å². The zero-order valence-corrected chi connectivity index (χ0v) is 19.4. The van der Waals surface area contributed by atoms with Crippen LogP contribution in [0.15, 0.2) is 48.5 Å². The quantitative estimate of drug-likeness (QED) is 0.693. The van der Waals surface area contributed by atoms with Crippen molar-refractivity contribution in [1.82, 2.24) is 0 Å². The SMILES string of the molecule is COc1ccc(C2OC34CCC(c5ccccc5)CC3C(C#N)(C(=N)O4)C2(C#N)C#N)cc1OC. The van der Waals surface area contributed by atoms with Crippen molar-refractivity contribution in [2.45, 2.75) is 37.1 Å². The molecule has 2 aliphatic heterocycles. The van der Waals surface area contributed by atoms with Gasteiger partial charge < -0.3 is 18.9 Å². The first-order valence-corrected chi connectivity index (χ1v) is 11.4. The summed E-state index contributed by atoms with van der Waals surface area (Å²) < 4.78 is 23.4. The van der Waals surface area contributed by atoms with Gasteiger partial charge in [-0.2, -0.15) is 15.8 Å². The van der Waals surface area contributed by atoms with Gasteiger partial charge in [-0.25, -0.2) is 0 Å². The highest BCUT2D eigenvalue weighted by Crippen LogP contribution is 2.70. The minimum absolute atomic E-state index is 0.0906. The summed E-state index contributed by atoms with van der Waals surface area (Å²) in [7, 11) is 3.00. The minimum Gasteiger partial charge on any atom is -0.493 e. The molecule has 176 valence electrons. The van der Waals surface area contributed by atoms with E-state index in [0.717, 1.165) is 12.0 Å². The lowest BCUT2D eigenvalue weighted by Gasteiger charge is -2.52. The van der Waals surface area contributed by atoms with E-state index in [-0.39, 0.29) is 11.8 Å². The van der Waals surface area contributed by atoms with Gasteiger partial charge in [0.15, 0.2) is 16.9 Å². The average Bonchev–Trinajstić information content (AvgIpc) is 3.11. The molecule has 1 N–H and O–H groups in total. The van der Waals surface area contributed by atoms with Gasteiger partial charge in [0, 0.05) is 6.42 Å². The normalized spacial score (nSPS) is 32.2. The summed E-state index contributed by atoms with van der Waals surface area (Å²) >= 11 is 0. The van der Waals surface area contributed by atoms with Gasteiger partial charge in [0.25, 0.3) is 0 Å². The maximum atomic E-state index is 10.6. The van der Waals surface area contributed by atoms with Gasteiger partial charge in [-0.15, -0.1) is 0 Å². The van der Waals surface area contributed by atoms with Gasteiger partial charge in [0.2, 0.25) is 17.1 Å². The molecule has 5 atom stereocenters. The van der Waals surface area contributed by atoms with Crippen LogP contribution in [0.25, 0.3) is 0 Å². The standard InChI is InChI=1S/C27H24N4O4/c1-32-20-9-8-19(12-21(20)33-2)23-25(14-28,15-29)26(16-30)22-13-18(17-6-4-3-5-7-17)10-11-27(22,34-23)35-24(26)31/h3-9,12,18,22-23,31H,10-11,13H2,1-2H3. The van der Waals surface area contributed by atoms with Crippen LogP contribution in [-0.2, 0) is 9.47 Å². The lowest BCUT2D eigenvalue weighted by atomic mass is 9.50. The molecular weight excluding hydrogens is 444 g/mol. The van der Waals surface area contributed by atoms with Crippen LogP contribution in [0.1, 0.15) is 42.4 Å². The summed E-state index contributed by atoms with van der Waals surface area (Å²) in [5.74, 6) is -1.32. The highest BCUT2D eigenvalue weighted by Gasteiger charge is 2.81. The van der Waals surface area contributed by atoms with E-state index in [2.05, 4.69) is 18.2 Å². The minimum atomic E-state index is -2.01. The summed E-state index contributed by atoms with van der Waals surface area (Å²) in [5.41, 5.74) is -2.21. The number of hydrogen-bond donors (Lipinski definition) is 1. The fourth-order valence-electron chi connectivity index (χ4n) is 6.18. The Morgan fingerprint density at radius 1 is 0.943 bits per heavy atom. The van der Waals surface area contributed by atoms with Gasteiger partial charge in [-0.3, -0.25) is 5.41 Å². The van der Waals surface area contributed by atoms with Crippen LogP contribution in [0.2, 0.25) is 0 Å². The molecule has 5 rings (SSSR count). The molecule has 0 spiro atoms. The third kappa shape index (κ3) is 2.83. The van der Waals surface area contributed by atoms with E-state index in [4.69, 9.17) is 24.4 Å². The molecule has 8 heteroatoms. The van der Waals surface area contributed by atoms with Crippen molar-refractivity contribution in [2.75, 3.05) is 14.2 Å². The van der Waals surface area contributed by atoms with E-state index >= 15 is 0 Å². The molecule has 5 unspecified atom stereocenters. The lowest BCUT2D eigenvalue weighted by molar-refractivity contribution is -0.296. The number of ether oxygens (including phenoxy) is 4. The Morgan fingerprint density at radius 3 is 2.29 bits per heavy atom. The number of nitrogens with zero attached hydrogens (tertiary/aromatic N) is 3. The third-order valence-electron chi connectivity index (χ3n) is 7.89. The van der Waals surface area contributed by atoms with Crippen molar-refractivity contribution in [1.29, 1.82) is 21.2 Å². The van der Waals surface area contributed by atoms with Crippen LogP contribution < -0.4 is 9.47 Å². The summed E-state index contributed by atoms with van der Waals surface area (Å²) in [6.07, 6.45) is 0.480. The van der Waals surface area contributed by atoms with Gasteiger partial charge in [0.1, 0.15) is 6.10 Å². The Hall–Kier alpha value is -4.06. The zero-order chi connectivity index (χ0) is 24.8. The zero-order valence-electron chi connectivity index (χ0n) is 19.4. The maximum absolute atomic E-state index is 10.6. The Bertz CT molecular complexity index is 1290. The molecule has 2 heterocycles. The van der Waals surface area contributed by atoms with Crippen LogP contribution in [0.4, 0.5) is 0 Å². The molecule has 3 fully saturated rings. The molecule has 1 aliphatic carbocycles. The number of benzene rings is 2. The average molecular weight is 469 g/mol. The number of nitriles is 3. The first-order chi connectivity index (χ1) is 16.9. The Kier molecular flexibility index (Phi) is 5.20. The first-order valence-electron chi connectivity index (χ1n) is 11.4. The summed E-state index contributed by atoms with van der Waals surface area (Å²) in [6, 6.07) is 21.4. The van der Waals surface area contributed by atoms with Gasteiger partial charge in [0.05, 0.1) is 38.3 Å². The Labute approximate surface area is 203 Å². The fourth-order valence-corrected chi connectivity index (χ4v) is 6.18. The number of hydrogen-bond acceptors (Lipinski definition) is 8. The fraction of sp³-hybridized carbons (Fsp3) is 0.407. The van der Waals surface area contributed by atoms with Crippen LogP contribution in [-0.4, -0.2) is 25.9 Å². The van der Waals surface area contributed by atoms with E-state index in [1.54, 1.807) is 18.2 Å². The predicted octanol–water partition coefficient (Wildman–Crippen LogP) is 4.61. The topological polar surface area (TPSA) is 132 Å². The van der Waals surface area contributed by atoms with Crippen molar-refractivity contribution < 1.29 is 18.9 Å². The summed E-state index contributed by atoms with van der Waals surface area (Å²) in [5, 5.41) is 40.4. The second-order valence-corrected chi connectivity index (χ2v) is 9.24. The van der Waals surface area contributed by atoms with E-state index < -0.39 is 28.6 Å². The molecule has 2 saturated heterocycles. The van der Waals surface area contributed by atoms with E-state index in [1.165, 1.54) is 14.2 Å². The molecule has 2 bridgehead atoms. The van der Waals surface area contributed by atoms with E-state index in [9.17, 15) is 15.8 Å². The molecule has 2 aromatic carbocycles. The highest BCUT2D eigenvalue weighted by atomic mass is 16.7. The lowest BCUT2D eigenvalue weighted by Crippen LogP contribution is -2.60. The number of methoxy groups -OCH3 is 2. The Morgan fingerprint density at radius 2 is 1.66 bits per heavy atom. The van der Waals surface area contributed by atoms with Gasteiger partial charge >= 0.3 is 0 Å². The molecule has 0 radical (unpaired) electrons. The second-order valence-electron chi connectivity index (χ2n) is 9.24. The predicted molar refractivity (Wildman–Crippen MR) is 123 cm³/mol. The summed E-state index contributed by atoms with van der Waals surface area (Å²) in [6.45, 7) is 0. The van der Waals surface area contributed by atoms with Crippen LogP contribution in [0, 0.1) is 56.2 Å². The monoisotopic (exact) mass is 468 g/mol. The summed E-state index contributed by atoms with van der Waals surface area (Å²) in [4.78, 5) is 0. The molecule has 35 heavy (non-hydrogen) atoms. The van der Waals surface area contributed by atoms with Crippen LogP contribution in [0.5, 0.6) is 11.5 Å². The number of nitrogens with one attached hydrogen (secondary N) is 1. The second kappa shape index (κ2) is 8.01. The molecular formula is C27H24N4O4. The molecule has 0 aromatic heterocycles. The highest BCUT2D eigenvalue weighted by molar-refractivity contribution is 5.89. The van der Waals surface area contributed by atoms with E-state index in [0.29, 0.717) is 29.9 Å². The molecule has 2 aromatic rings. The maximum Gasteiger partial charge on any atom is 0.217 e. The van der Waals surface area contributed by atoms with Gasteiger partial charge in [-0.05, 0) is 42.0 Å². The van der Waals surface area contributed by atoms with Crippen molar-refractivity contribution in [3.63, 3.8) is 0 Å². The van der Waals surface area contributed by atoms with Gasteiger partial charge in [-0.1, -0.05) is 36.4 Å². The van der Waals surface area contributed by atoms with Crippen molar-refractivity contribution in [3.05, 3.63) is 59.7 Å². The smallest absolute Gasteiger partial charge is 0.217 e. The first kappa shape index (κ1) is 22.7. The van der Waals surface area contributed by atoms with Crippen LogP contribution in [0.3, 0.4) is 0 Å². The van der Waals surface area contributed by atoms with Crippen LogP contribution >= 0.6 is 0 Å². The Balaban J connectivity index is 1.67. The van der Waals surface area contributed by atoms with Crippen molar-refractivity contribution in [3.8, 4) is 29.7 Å². The molecule has 8 nitrogen and oxygen atoms in total. The third-order valence-corrected chi connectivity index (χ3v) is 7.89. The largest absolute Gasteiger partial charge is 0.493 e. The molecule has 3 aliphatic rings. The molecule has 0 amide bonds. The molecule has 1 saturated carbocycles. The van der Waals surface area contributed by atoms with E-state index in [1.807, 2.05) is 30.3 Å². The van der Waals surface area contributed by atoms with Crippen molar-refractivity contribution >= 4 is 5.90 Å². The number of rotatable bonds is 4.